The Hall–Kier alpha value is -2.78. The van der Waals surface area contributed by atoms with Crippen molar-refractivity contribution in [3.63, 3.8) is 0 Å². The molecule has 0 bridgehead atoms. The third kappa shape index (κ3) is 6.14. The first-order chi connectivity index (χ1) is 13.4. The Morgan fingerprint density at radius 1 is 0.929 bits per heavy atom. The van der Waals surface area contributed by atoms with Crippen LogP contribution in [0.4, 0.5) is 0 Å². The van der Waals surface area contributed by atoms with Crippen LogP contribution in [0.2, 0.25) is 0 Å². The summed E-state index contributed by atoms with van der Waals surface area (Å²) in [4.78, 5) is 12.3. The van der Waals surface area contributed by atoms with Gasteiger partial charge in [0.15, 0.2) is 0 Å². The van der Waals surface area contributed by atoms with Crippen molar-refractivity contribution in [3.05, 3.63) is 53.6 Å². The normalized spacial score (nSPS) is 11.0. The summed E-state index contributed by atoms with van der Waals surface area (Å²) in [5.41, 5.74) is 1.10. The van der Waals surface area contributed by atoms with E-state index in [0.717, 1.165) is 5.56 Å². The molecule has 28 heavy (non-hydrogen) atoms. The highest BCUT2D eigenvalue weighted by atomic mass is 32.2. The molecule has 2 aromatic carbocycles. The predicted octanol–water partition coefficient (Wildman–Crippen LogP) is 1.56. The summed E-state index contributed by atoms with van der Waals surface area (Å²) in [6.45, 7) is 0.124. The highest BCUT2D eigenvalue weighted by Crippen LogP contribution is 2.24. The summed E-state index contributed by atoms with van der Waals surface area (Å²) >= 11 is 0. The van der Waals surface area contributed by atoms with Crippen molar-refractivity contribution >= 4 is 15.9 Å². The summed E-state index contributed by atoms with van der Waals surface area (Å²) in [7, 11) is 0.972. The number of hydrogen-bond donors (Lipinski definition) is 2. The molecular weight excluding hydrogens is 384 g/mol. The molecule has 0 saturated heterocycles. The fraction of sp³-hybridized carbons (Fsp3) is 0.316. The first-order valence-corrected chi connectivity index (χ1v) is 10.1. The number of carbonyl (C=O) groups is 1. The average Bonchev–Trinajstić information content (AvgIpc) is 2.71. The molecule has 152 valence electrons. The third-order valence-corrected chi connectivity index (χ3v) is 5.29. The van der Waals surface area contributed by atoms with Crippen molar-refractivity contribution < 1.29 is 27.4 Å². The molecule has 1 amide bonds. The number of ether oxygens (including phenoxy) is 3. The van der Waals surface area contributed by atoms with Gasteiger partial charge in [-0.25, -0.2) is 13.1 Å². The largest absolute Gasteiger partial charge is 0.497 e. The van der Waals surface area contributed by atoms with Crippen molar-refractivity contribution in [1.82, 2.24) is 10.0 Å². The van der Waals surface area contributed by atoms with Crippen LogP contribution in [0, 0.1) is 0 Å². The van der Waals surface area contributed by atoms with Gasteiger partial charge in [-0.05, 0) is 29.8 Å². The number of benzene rings is 2. The number of methoxy groups -OCH3 is 3. The number of amides is 1. The van der Waals surface area contributed by atoms with Crippen LogP contribution >= 0.6 is 0 Å². The summed E-state index contributed by atoms with van der Waals surface area (Å²) in [5, 5.41) is 2.59. The van der Waals surface area contributed by atoms with Gasteiger partial charge < -0.3 is 19.5 Å². The molecular formula is C19H24N2O6S. The molecule has 2 aromatic rings. The van der Waals surface area contributed by atoms with Crippen molar-refractivity contribution in [2.45, 2.75) is 6.54 Å². The number of nitrogens with one attached hydrogen (secondary N) is 2. The lowest BCUT2D eigenvalue weighted by Crippen LogP contribution is -2.34. The van der Waals surface area contributed by atoms with E-state index < -0.39 is 15.9 Å². The number of hydrogen-bond acceptors (Lipinski definition) is 6. The fourth-order valence-electron chi connectivity index (χ4n) is 2.39. The zero-order valence-electron chi connectivity index (χ0n) is 16.0. The Bertz CT molecular complexity index is 897. The van der Waals surface area contributed by atoms with E-state index in [2.05, 4.69) is 10.0 Å². The van der Waals surface area contributed by atoms with Gasteiger partial charge in [-0.15, -0.1) is 0 Å². The predicted molar refractivity (Wildman–Crippen MR) is 105 cm³/mol. The number of sulfonamides is 1. The lowest BCUT2D eigenvalue weighted by atomic mass is 10.2. The first kappa shape index (κ1) is 21.5. The molecule has 9 heteroatoms. The molecule has 0 aromatic heterocycles. The second-order valence-electron chi connectivity index (χ2n) is 5.81. The number of carbonyl (C=O) groups excluding carboxylic acids is 1. The van der Waals surface area contributed by atoms with Crippen molar-refractivity contribution in [3.8, 4) is 17.2 Å². The van der Waals surface area contributed by atoms with Crippen LogP contribution in [0.25, 0.3) is 0 Å². The van der Waals surface area contributed by atoms with Crippen LogP contribution in [0.15, 0.2) is 42.5 Å². The van der Waals surface area contributed by atoms with Gasteiger partial charge in [0, 0.05) is 19.2 Å². The smallest absolute Gasteiger partial charge is 0.255 e. The quantitative estimate of drug-likeness (QED) is 0.619. The lowest BCUT2D eigenvalue weighted by Gasteiger charge is -2.11. The van der Waals surface area contributed by atoms with Crippen LogP contribution in [-0.2, 0) is 16.6 Å². The SMILES string of the molecule is COc1ccc(CNS(=O)(=O)CCNC(=O)c2ccc(OC)cc2OC)cc1. The summed E-state index contributed by atoms with van der Waals surface area (Å²) < 4.78 is 42.1. The third-order valence-electron chi connectivity index (χ3n) is 3.96. The molecule has 0 aliphatic carbocycles. The van der Waals surface area contributed by atoms with Gasteiger partial charge >= 0.3 is 0 Å². The van der Waals surface area contributed by atoms with E-state index in [-0.39, 0.29) is 18.8 Å². The molecule has 0 saturated carbocycles. The minimum absolute atomic E-state index is 0.0358. The van der Waals surface area contributed by atoms with E-state index in [9.17, 15) is 13.2 Å². The molecule has 2 rings (SSSR count). The van der Waals surface area contributed by atoms with Gasteiger partial charge in [0.2, 0.25) is 10.0 Å². The highest BCUT2D eigenvalue weighted by molar-refractivity contribution is 7.89. The van der Waals surface area contributed by atoms with Gasteiger partial charge in [-0.1, -0.05) is 12.1 Å². The minimum atomic E-state index is -3.55. The first-order valence-electron chi connectivity index (χ1n) is 8.49. The molecule has 2 N–H and O–H groups in total. The molecule has 0 spiro atoms. The minimum Gasteiger partial charge on any atom is -0.497 e. The number of rotatable bonds is 10. The second-order valence-corrected chi connectivity index (χ2v) is 7.74. The van der Waals surface area contributed by atoms with Crippen LogP contribution in [0.3, 0.4) is 0 Å². The maximum atomic E-state index is 12.3. The zero-order chi connectivity index (χ0) is 20.6. The van der Waals surface area contributed by atoms with Crippen molar-refractivity contribution in [1.29, 1.82) is 0 Å². The molecule has 0 aliphatic heterocycles. The van der Waals surface area contributed by atoms with E-state index in [0.29, 0.717) is 22.8 Å². The van der Waals surface area contributed by atoms with E-state index in [1.54, 1.807) is 49.6 Å². The van der Waals surface area contributed by atoms with E-state index in [1.807, 2.05) is 0 Å². The van der Waals surface area contributed by atoms with Crippen molar-refractivity contribution in [2.24, 2.45) is 0 Å². The van der Waals surface area contributed by atoms with Crippen LogP contribution < -0.4 is 24.2 Å². The van der Waals surface area contributed by atoms with Gasteiger partial charge in [-0.3, -0.25) is 4.79 Å². The molecule has 0 fully saturated rings. The van der Waals surface area contributed by atoms with Crippen LogP contribution in [0.5, 0.6) is 17.2 Å². The van der Waals surface area contributed by atoms with Gasteiger partial charge in [0.05, 0.1) is 32.6 Å². The monoisotopic (exact) mass is 408 g/mol. The van der Waals surface area contributed by atoms with Gasteiger partial charge in [0.25, 0.3) is 5.91 Å². The second kappa shape index (κ2) is 9.95. The fourth-order valence-corrected chi connectivity index (χ4v) is 3.29. The maximum absolute atomic E-state index is 12.3. The molecule has 0 atom stereocenters. The van der Waals surface area contributed by atoms with E-state index in [1.165, 1.54) is 14.2 Å². The standard InChI is InChI=1S/C19H24N2O6S/c1-25-15-6-4-14(5-7-15)13-21-28(23,24)11-10-20-19(22)17-9-8-16(26-2)12-18(17)27-3/h4-9,12,21H,10-11,13H2,1-3H3,(H,20,22). The Labute approximate surface area is 164 Å². The van der Waals surface area contributed by atoms with Crippen LogP contribution in [-0.4, -0.2) is 48.0 Å². The Morgan fingerprint density at radius 2 is 1.57 bits per heavy atom. The molecule has 0 heterocycles. The van der Waals surface area contributed by atoms with Crippen LogP contribution in [0.1, 0.15) is 15.9 Å². The maximum Gasteiger partial charge on any atom is 0.255 e. The molecule has 0 aliphatic rings. The summed E-state index contributed by atoms with van der Waals surface area (Å²) in [6, 6.07) is 11.8. The van der Waals surface area contributed by atoms with Gasteiger partial charge in [-0.2, -0.15) is 0 Å². The lowest BCUT2D eigenvalue weighted by molar-refractivity contribution is 0.0953. The summed E-state index contributed by atoms with van der Waals surface area (Å²) in [6.07, 6.45) is 0. The average molecular weight is 408 g/mol. The summed E-state index contributed by atoms with van der Waals surface area (Å²) in [5.74, 6) is 0.928. The van der Waals surface area contributed by atoms with E-state index in [4.69, 9.17) is 14.2 Å². The Morgan fingerprint density at radius 3 is 2.18 bits per heavy atom. The molecule has 0 radical (unpaired) electrons. The Balaban J connectivity index is 1.86. The Kier molecular flexibility index (Phi) is 7.65. The molecule has 8 nitrogen and oxygen atoms in total. The highest BCUT2D eigenvalue weighted by Gasteiger charge is 2.15. The topological polar surface area (TPSA) is 103 Å². The van der Waals surface area contributed by atoms with E-state index >= 15 is 0 Å². The zero-order valence-corrected chi connectivity index (χ0v) is 16.8. The van der Waals surface area contributed by atoms with Crippen molar-refractivity contribution in [2.75, 3.05) is 33.6 Å². The molecule has 0 unspecified atom stereocenters. The van der Waals surface area contributed by atoms with Gasteiger partial charge in [0.1, 0.15) is 17.2 Å².